The molecule has 0 saturated carbocycles. The second kappa shape index (κ2) is 5.89. The van der Waals surface area contributed by atoms with Gasteiger partial charge in [-0.25, -0.2) is 0 Å². The fourth-order valence-electron chi connectivity index (χ4n) is 2.11. The van der Waals surface area contributed by atoms with Crippen molar-refractivity contribution in [2.24, 2.45) is 0 Å². The average Bonchev–Trinajstić information content (AvgIpc) is 2.73. The molecule has 1 aromatic rings. The number of nitrogens with two attached hydrogens (primary N) is 1. The van der Waals surface area contributed by atoms with Crippen LogP contribution in [0, 0.1) is 0 Å². The van der Waals surface area contributed by atoms with Crippen LogP contribution in [0.1, 0.15) is 6.42 Å². The van der Waals surface area contributed by atoms with Crippen LogP contribution >= 0.6 is 0 Å². The lowest BCUT2D eigenvalue weighted by Crippen LogP contribution is -2.25. The van der Waals surface area contributed by atoms with E-state index in [0.29, 0.717) is 0 Å². The van der Waals surface area contributed by atoms with E-state index in [-0.39, 0.29) is 0 Å². The fourth-order valence-corrected chi connectivity index (χ4v) is 2.11. The van der Waals surface area contributed by atoms with Gasteiger partial charge >= 0.3 is 0 Å². The van der Waals surface area contributed by atoms with Crippen molar-refractivity contribution in [3.8, 4) is 0 Å². The van der Waals surface area contributed by atoms with Crippen LogP contribution in [0.3, 0.4) is 0 Å². The van der Waals surface area contributed by atoms with E-state index in [1.807, 2.05) is 24.3 Å². The summed E-state index contributed by atoms with van der Waals surface area (Å²) in [4.78, 5) is 4.85. The molecule has 1 fully saturated rings. The molecule has 0 amide bonds. The van der Waals surface area contributed by atoms with Crippen molar-refractivity contribution in [2.45, 2.75) is 6.42 Å². The van der Waals surface area contributed by atoms with E-state index < -0.39 is 0 Å². The normalized spacial score (nSPS) is 17.5. The van der Waals surface area contributed by atoms with Gasteiger partial charge in [-0.05, 0) is 37.7 Å². The highest BCUT2D eigenvalue weighted by Gasteiger charge is 2.14. The number of anilines is 2. The first kappa shape index (κ1) is 12.2. The van der Waals surface area contributed by atoms with E-state index in [1.54, 1.807) is 0 Å². The smallest absolute Gasteiger partial charge is 0.0504 e. The van der Waals surface area contributed by atoms with Gasteiger partial charge in [0.15, 0.2) is 0 Å². The number of nitrogen functional groups attached to an aromatic ring is 1. The zero-order chi connectivity index (χ0) is 12.1. The Bertz CT molecular complexity index is 336. The number of hydrogen-bond acceptors (Lipinski definition) is 4. The Balaban J connectivity index is 1.61. The minimum atomic E-state index is 0.815. The van der Waals surface area contributed by atoms with E-state index in [1.165, 1.54) is 26.1 Å². The van der Waals surface area contributed by atoms with E-state index in [0.717, 1.165) is 24.6 Å². The molecule has 1 aliphatic rings. The molecule has 0 atom stereocenters. The molecule has 1 aliphatic heterocycles. The van der Waals surface area contributed by atoms with Gasteiger partial charge in [0.25, 0.3) is 0 Å². The molecule has 0 aromatic heterocycles. The first-order chi connectivity index (χ1) is 8.24. The van der Waals surface area contributed by atoms with Crippen molar-refractivity contribution >= 4 is 11.4 Å². The van der Waals surface area contributed by atoms with Gasteiger partial charge in [-0.1, -0.05) is 0 Å². The van der Waals surface area contributed by atoms with Gasteiger partial charge in [-0.2, -0.15) is 0 Å². The maximum absolute atomic E-state index is 5.64. The van der Waals surface area contributed by atoms with Crippen LogP contribution in [0.25, 0.3) is 0 Å². The molecule has 1 aromatic carbocycles. The van der Waals surface area contributed by atoms with Crippen LogP contribution in [-0.4, -0.2) is 49.7 Å². The third-order valence-electron chi connectivity index (χ3n) is 3.13. The maximum Gasteiger partial charge on any atom is 0.0504 e. The van der Waals surface area contributed by atoms with Crippen molar-refractivity contribution in [1.29, 1.82) is 0 Å². The minimum absolute atomic E-state index is 0.815. The molecule has 3 N–H and O–H groups in total. The molecule has 4 heteroatoms. The fraction of sp³-hybridized carbons (Fsp3) is 0.538. The highest BCUT2D eigenvalue weighted by Crippen LogP contribution is 2.10. The molecule has 0 spiro atoms. The highest BCUT2D eigenvalue weighted by atomic mass is 15.4. The SMILES string of the molecule is CN1CCN(CCCNc2ccc(N)cc2)C1. The number of rotatable bonds is 5. The number of likely N-dealkylation sites (N-methyl/N-ethyl adjacent to an activating group) is 1. The Hall–Kier alpha value is -1.26. The first-order valence-corrected chi connectivity index (χ1v) is 6.24. The Morgan fingerprint density at radius 1 is 1.24 bits per heavy atom. The summed E-state index contributed by atoms with van der Waals surface area (Å²) in [6, 6.07) is 7.91. The van der Waals surface area contributed by atoms with Crippen molar-refractivity contribution in [3.63, 3.8) is 0 Å². The topological polar surface area (TPSA) is 44.5 Å². The second-order valence-corrected chi connectivity index (χ2v) is 4.74. The third kappa shape index (κ3) is 3.91. The molecule has 4 nitrogen and oxygen atoms in total. The first-order valence-electron chi connectivity index (χ1n) is 6.24. The monoisotopic (exact) mass is 234 g/mol. The molecule has 17 heavy (non-hydrogen) atoms. The van der Waals surface area contributed by atoms with Gasteiger partial charge in [-0.3, -0.25) is 9.80 Å². The molecule has 0 bridgehead atoms. The van der Waals surface area contributed by atoms with Crippen LogP contribution < -0.4 is 11.1 Å². The Morgan fingerprint density at radius 3 is 2.65 bits per heavy atom. The summed E-state index contributed by atoms with van der Waals surface area (Å²) in [6.07, 6.45) is 1.18. The molecule has 0 unspecified atom stereocenters. The zero-order valence-corrected chi connectivity index (χ0v) is 10.5. The van der Waals surface area contributed by atoms with Gasteiger partial charge in [0.1, 0.15) is 0 Å². The molecule has 2 rings (SSSR count). The molecule has 0 aliphatic carbocycles. The minimum Gasteiger partial charge on any atom is -0.399 e. The largest absolute Gasteiger partial charge is 0.399 e. The van der Waals surface area contributed by atoms with Crippen LogP contribution in [0.5, 0.6) is 0 Å². The second-order valence-electron chi connectivity index (χ2n) is 4.74. The van der Waals surface area contributed by atoms with Crippen molar-refractivity contribution in [1.82, 2.24) is 9.80 Å². The third-order valence-corrected chi connectivity index (χ3v) is 3.13. The predicted octanol–water partition coefficient (Wildman–Crippen LogP) is 1.28. The molecule has 0 radical (unpaired) electrons. The van der Waals surface area contributed by atoms with Gasteiger partial charge in [0.2, 0.25) is 0 Å². The summed E-state index contributed by atoms with van der Waals surface area (Å²) in [6.45, 7) is 5.71. The van der Waals surface area contributed by atoms with Crippen LogP contribution in [0.4, 0.5) is 11.4 Å². The summed E-state index contributed by atoms with van der Waals surface area (Å²) in [7, 11) is 2.17. The average molecular weight is 234 g/mol. The molecule has 1 heterocycles. The van der Waals surface area contributed by atoms with Crippen LogP contribution in [0.2, 0.25) is 0 Å². The summed E-state index contributed by atoms with van der Waals surface area (Å²) in [5.74, 6) is 0. The number of benzene rings is 1. The molecule has 1 saturated heterocycles. The van der Waals surface area contributed by atoms with E-state index in [4.69, 9.17) is 5.73 Å². The Labute approximate surface area is 103 Å². The van der Waals surface area contributed by atoms with Gasteiger partial charge in [-0.15, -0.1) is 0 Å². The molecular formula is C13H22N4. The molecule has 94 valence electrons. The standard InChI is InChI=1S/C13H22N4/c1-16-9-10-17(11-16)8-2-7-15-13-5-3-12(14)4-6-13/h3-6,15H,2,7-11,14H2,1H3. The number of nitrogens with one attached hydrogen (secondary N) is 1. The lowest BCUT2D eigenvalue weighted by molar-refractivity contribution is 0.274. The number of nitrogens with zero attached hydrogens (tertiary/aromatic N) is 2. The lowest BCUT2D eigenvalue weighted by Gasteiger charge is -2.15. The number of hydrogen-bond donors (Lipinski definition) is 2. The van der Waals surface area contributed by atoms with Gasteiger partial charge in [0.05, 0.1) is 6.67 Å². The summed E-state index contributed by atoms with van der Waals surface area (Å²) < 4.78 is 0. The van der Waals surface area contributed by atoms with E-state index in [2.05, 4.69) is 22.2 Å². The zero-order valence-electron chi connectivity index (χ0n) is 10.5. The van der Waals surface area contributed by atoms with Crippen LogP contribution in [0.15, 0.2) is 24.3 Å². The van der Waals surface area contributed by atoms with Crippen molar-refractivity contribution < 1.29 is 0 Å². The predicted molar refractivity (Wildman–Crippen MR) is 73.0 cm³/mol. The van der Waals surface area contributed by atoms with Gasteiger partial charge in [0, 0.05) is 37.6 Å². The van der Waals surface area contributed by atoms with Gasteiger partial charge < -0.3 is 11.1 Å². The van der Waals surface area contributed by atoms with E-state index in [9.17, 15) is 0 Å². The quantitative estimate of drug-likeness (QED) is 0.595. The maximum atomic E-state index is 5.64. The van der Waals surface area contributed by atoms with Crippen molar-refractivity contribution in [3.05, 3.63) is 24.3 Å². The Kier molecular flexibility index (Phi) is 4.23. The van der Waals surface area contributed by atoms with E-state index >= 15 is 0 Å². The highest BCUT2D eigenvalue weighted by molar-refractivity contribution is 5.51. The van der Waals surface area contributed by atoms with Crippen LogP contribution in [-0.2, 0) is 0 Å². The summed E-state index contributed by atoms with van der Waals surface area (Å²) >= 11 is 0. The Morgan fingerprint density at radius 2 is 2.00 bits per heavy atom. The molecular weight excluding hydrogens is 212 g/mol. The lowest BCUT2D eigenvalue weighted by atomic mass is 10.3. The summed E-state index contributed by atoms with van der Waals surface area (Å²) in [5.41, 5.74) is 7.60. The summed E-state index contributed by atoms with van der Waals surface area (Å²) in [5, 5.41) is 3.41. The van der Waals surface area contributed by atoms with Crippen molar-refractivity contribution in [2.75, 3.05) is 50.9 Å².